The number of carboxylic acids is 1. The van der Waals surface area contributed by atoms with Crippen LogP contribution >= 0.6 is 0 Å². The molecule has 5 heteroatoms. The molecule has 3 rings (SSSR count). The number of rotatable bonds is 4. The number of nitrogens with one attached hydrogen (secondary N) is 1. The number of carbonyl (C=O) groups is 2. The van der Waals surface area contributed by atoms with E-state index in [1.165, 1.54) is 10.9 Å². The van der Waals surface area contributed by atoms with Crippen LogP contribution in [0.1, 0.15) is 30.4 Å². The van der Waals surface area contributed by atoms with E-state index >= 15 is 0 Å². The first-order chi connectivity index (χ1) is 11.0. The van der Waals surface area contributed by atoms with Crippen molar-refractivity contribution in [1.82, 2.24) is 9.88 Å². The number of aromatic nitrogens is 1. The monoisotopic (exact) mass is 314 g/mol. The van der Waals surface area contributed by atoms with E-state index in [0.717, 1.165) is 17.5 Å². The fraction of sp³-hybridized carbons (Fsp3) is 0.444. The number of aryl methyl sites for hydroxylation is 2. The fourth-order valence-electron chi connectivity index (χ4n) is 3.30. The average molecular weight is 314 g/mol. The quantitative estimate of drug-likeness (QED) is 0.911. The molecule has 23 heavy (non-hydrogen) atoms. The maximum absolute atomic E-state index is 12.4. The first-order valence-corrected chi connectivity index (χ1v) is 8.12. The summed E-state index contributed by atoms with van der Waals surface area (Å²) < 4.78 is 0. The van der Waals surface area contributed by atoms with Crippen molar-refractivity contribution in [2.75, 3.05) is 13.1 Å². The molecule has 1 aromatic heterocycles. The van der Waals surface area contributed by atoms with Gasteiger partial charge >= 0.3 is 5.97 Å². The Balaban J connectivity index is 1.64. The Kier molecular flexibility index (Phi) is 4.37. The number of carbonyl (C=O) groups excluding carboxylic acids is 1. The van der Waals surface area contributed by atoms with Gasteiger partial charge in [0.1, 0.15) is 0 Å². The van der Waals surface area contributed by atoms with Crippen molar-refractivity contribution >= 4 is 22.8 Å². The molecular formula is C18H22N2O3. The number of likely N-dealkylation sites (tertiary alicyclic amines) is 1. The van der Waals surface area contributed by atoms with Crippen LogP contribution in [0.5, 0.6) is 0 Å². The predicted molar refractivity (Wildman–Crippen MR) is 88.3 cm³/mol. The van der Waals surface area contributed by atoms with Crippen LogP contribution in [-0.4, -0.2) is 40.0 Å². The summed E-state index contributed by atoms with van der Waals surface area (Å²) >= 11 is 0. The van der Waals surface area contributed by atoms with E-state index in [1.807, 2.05) is 6.20 Å². The fourth-order valence-corrected chi connectivity index (χ4v) is 3.30. The predicted octanol–water partition coefficient (Wildman–Crippen LogP) is 2.73. The van der Waals surface area contributed by atoms with Crippen molar-refractivity contribution in [3.63, 3.8) is 0 Å². The summed E-state index contributed by atoms with van der Waals surface area (Å²) in [5.41, 5.74) is 3.43. The van der Waals surface area contributed by atoms with Crippen LogP contribution in [0.15, 0.2) is 24.4 Å². The van der Waals surface area contributed by atoms with Gasteiger partial charge in [-0.1, -0.05) is 11.6 Å². The van der Waals surface area contributed by atoms with Crippen LogP contribution in [0.2, 0.25) is 0 Å². The first kappa shape index (κ1) is 15.6. The van der Waals surface area contributed by atoms with Crippen molar-refractivity contribution in [2.45, 2.75) is 32.6 Å². The lowest BCUT2D eigenvalue weighted by Crippen LogP contribution is -2.42. The Morgan fingerprint density at radius 3 is 3.00 bits per heavy atom. The van der Waals surface area contributed by atoms with Crippen LogP contribution < -0.4 is 0 Å². The lowest BCUT2D eigenvalue weighted by Gasteiger charge is -2.30. The number of benzene rings is 1. The van der Waals surface area contributed by atoms with E-state index in [-0.39, 0.29) is 5.91 Å². The second-order valence-corrected chi connectivity index (χ2v) is 6.38. The van der Waals surface area contributed by atoms with Crippen LogP contribution in [-0.2, 0) is 16.0 Å². The summed E-state index contributed by atoms with van der Waals surface area (Å²) in [6.07, 6.45) is 4.51. The number of carboxylic acid groups (broad SMARTS) is 1. The van der Waals surface area contributed by atoms with Gasteiger partial charge in [0.25, 0.3) is 0 Å². The molecule has 2 aromatic rings. The number of piperidine rings is 1. The molecule has 0 unspecified atom stereocenters. The van der Waals surface area contributed by atoms with Gasteiger partial charge in [0.2, 0.25) is 5.91 Å². The summed E-state index contributed by atoms with van der Waals surface area (Å²) in [6.45, 7) is 3.08. The highest BCUT2D eigenvalue weighted by Gasteiger charge is 2.27. The van der Waals surface area contributed by atoms with Gasteiger partial charge in [-0.05, 0) is 43.9 Å². The van der Waals surface area contributed by atoms with Crippen molar-refractivity contribution in [3.8, 4) is 0 Å². The smallest absolute Gasteiger partial charge is 0.308 e. The Morgan fingerprint density at radius 2 is 2.22 bits per heavy atom. The molecule has 1 aromatic carbocycles. The van der Waals surface area contributed by atoms with E-state index < -0.39 is 11.9 Å². The minimum absolute atomic E-state index is 0.0537. The van der Waals surface area contributed by atoms with Gasteiger partial charge in [-0.25, -0.2) is 0 Å². The Bertz CT molecular complexity index is 735. The number of H-pyrrole nitrogens is 1. The number of fused-ring (bicyclic) bond motifs is 1. The van der Waals surface area contributed by atoms with Crippen LogP contribution in [0.25, 0.3) is 10.9 Å². The molecule has 1 amide bonds. The van der Waals surface area contributed by atoms with E-state index in [2.05, 4.69) is 30.1 Å². The number of aromatic amines is 1. The first-order valence-electron chi connectivity index (χ1n) is 8.12. The van der Waals surface area contributed by atoms with Gasteiger partial charge in [-0.15, -0.1) is 0 Å². The molecule has 0 saturated carbocycles. The Labute approximate surface area is 135 Å². The third-order valence-electron chi connectivity index (χ3n) is 4.65. The van der Waals surface area contributed by atoms with Gasteiger partial charge in [-0.2, -0.15) is 0 Å². The molecule has 1 atom stereocenters. The molecule has 2 heterocycles. The lowest BCUT2D eigenvalue weighted by atomic mass is 9.97. The topological polar surface area (TPSA) is 73.4 Å². The van der Waals surface area contributed by atoms with Crippen LogP contribution in [0.3, 0.4) is 0 Å². The average Bonchev–Trinajstić information content (AvgIpc) is 2.95. The molecule has 1 aliphatic rings. The molecule has 1 fully saturated rings. The highest BCUT2D eigenvalue weighted by molar-refractivity contribution is 5.85. The minimum atomic E-state index is -0.797. The summed E-state index contributed by atoms with van der Waals surface area (Å²) in [5.74, 6) is -1.16. The zero-order valence-electron chi connectivity index (χ0n) is 13.3. The SMILES string of the molecule is Cc1ccc2[nH]cc(CCC(=O)N3CCC[C@H](C(=O)O)C3)c2c1. The van der Waals surface area contributed by atoms with Gasteiger partial charge in [0.05, 0.1) is 5.92 Å². The van der Waals surface area contributed by atoms with Crippen LogP contribution in [0.4, 0.5) is 0 Å². The van der Waals surface area contributed by atoms with E-state index in [4.69, 9.17) is 5.11 Å². The number of aliphatic carboxylic acids is 1. The molecule has 0 radical (unpaired) electrons. The molecule has 0 bridgehead atoms. The number of hydrogen-bond donors (Lipinski definition) is 2. The number of nitrogens with zero attached hydrogens (tertiary/aromatic N) is 1. The van der Waals surface area contributed by atoms with Gasteiger partial charge in [0, 0.05) is 36.6 Å². The molecular weight excluding hydrogens is 292 g/mol. The molecule has 2 N–H and O–H groups in total. The molecule has 122 valence electrons. The minimum Gasteiger partial charge on any atom is -0.481 e. The van der Waals surface area contributed by atoms with Crippen LogP contribution in [0, 0.1) is 12.8 Å². The van der Waals surface area contributed by atoms with Crippen molar-refractivity contribution < 1.29 is 14.7 Å². The standard InChI is InChI=1S/C18H22N2O3/c1-12-4-6-16-15(9-12)13(10-19-16)5-7-17(21)20-8-2-3-14(11-20)18(22)23/h4,6,9-10,14,19H,2-3,5,7-8,11H2,1H3,(H,22,23)/t14-/m0/s1. The molecule has 5 nitrogen and oxygen atoms in total. The maximum Gasteiger partial charge on any atom is 0.308 e. The maximum atomic E-state index is 12.4. The highest BCUT2D eigenvalue weighted by atomic mass is 16.4. The molecule has 0 aliphatic carbocycles. The number of amides is 1. The number of hydrogen-bond acceptors (Lipinski definition) is 2. The van der Waals surface area contributed by atoms with E-state index in [9.17, 15) is 9.59 Å². The molecule has 1 aliphatic heterocycles. The summed E-state index contributed by atoms with van der Waals surface area (Å²) in [4.78, 5) is 28.4. The second-order valence-electron chi connectivity index (χ2n) is 6.38. The zero-order chi connectivity index (χ0) is 16.4. The van der Waals surface area contributed by atoms with Gasteiger partial charge in [0.15, 0.2) is 0 Å². The lowest BCUT2D eigenvalue weighted by molar-refractivity contribution is -0.145. The van der Waals surface area contributed by atoms with Crippen molar-refractivity contribution in [3.05, 3.63) is 35.5 Å². The molecule has 1 saturated heterocycles. The van der Waals surface area contributed by atoms with E-state index in [1.54, 1.807) is 4.90 Å². The van der Waals surface area contributed by atoms with E-state index in [0.29, 0.717) is 32.4 Å². The normalized spacial score (nSPS) is 18.3. The van der Waals surface area contributed by atoms with Gasteiger partial charge in [-0.3, -0.25) is 9.59 Å². The summed E-state index contributed by atoms with van der Waals surface area (Å²) in [5, 5.41) is 10.3. The summed E-state index contributed by atoms with van der Waals surface area (Å²) in [6, 6.07) is 6.25. The Hall–Kier alpha value is -2.30. The summed E-state index contributed by atoms with van der Waals surface area (Å²) in [7, 11) is 0. The second kappa shape index (κ2) is 6.44. The molecule has 0 spiro atoms. The third-order valence-corrected chi connectivity index (χ3v) is 4.65. The largest absolute Gasteiger partial charge is 0.481 e. The van der Waals surface area contributed by atoms with Crippen molar-refractivity contribution in [2.24, 2.45) is 5.92 Å². The van der Waals surface area contributed by atoms with Crippen molar-refractivity contribution in [1.29, 1.82) is 0 Å². The zero-order valence-corrected chi connectivity index (χ0v) is 13.3. The Morgan fingerprint density at radius 1 is 1.39 bits per heavy atom. The third kappa shape index (κ3) is 3.38. The van der Waals surface area contributed by atoms with Gasteiger partial charge < -0.3 is 15.0 Å². The highest BCUT2D eigenvalue weighted by Crippen LogP contribution is 2.22.